The minimum atomic E-state index is -1.53. The monoisotopic (exact) mass is 750 g/mol. The maximum absolute atomic E-state index is 7.23. The van der Waals surface area contributed by atoms with Crippen molar-refractivity contribution >= 4 is 8.07 Å². The number of rotatable bonds is 15. The molecule has 0 spiro atoms. The third kappa shape index (κ3) is 11.3. The molecule has 3 aromatic carbocycles. The fourth-order valence-corrected chi connectivity index (χ4v) is 8.07. The van der Waals surface area contributed by atoms with Gasteiger partial charge in [0.2, 0.25) is 0 Å². The summed E-state index contributed by atoms with van der Waals surface area (Å²) in [7, 11) is -1.53. The maximum Gasteiger partial charge on any atom is 0.129 e. The van der Waals surface area contributed by atoms with E-state index in [2.05, 4.69) is 87.1 Å². The molecule has 0 unspecified atom stereocenters. The number of benzene rings is 3. The van der Waals surface area contributed by atoms with E-state index in [0.29, 0.717) is 58.7 Å². The van der Waals surface area contributed by atoms with Gasteiger partial charge in [-0.05, 0) is 30.0 Å². The van der Waals surface area contributed by atoms with Crippen LogP contribution >= 0.6 is 0 Å². The Labute approximate surface area is 324 Å². The van der Waals surface area contributed by atoms with E-state index in [9.17, 15) is 0 Å². The summed E-state index contributed by atoms with van der Waals surface area (Å²) in [5, 5.41) is 0. The van der Waals surface area contributed by atoms with Crippen LogP contribution in [0, 0.1) is 11.5 Å². The van der Waals surface area contributed by atoms with Gasteiger partial charge in [-0.2, -0.15) is 0 Å². The van der Waals surface area contributed by atoms with Crippen LogP contribution in [0.5, 0.6) is 0 Å². The summed E-state index contributed by atoms with van der Waals surface area (Å²) >= 11 is 0. The smallest absolute Gasteiger partial charge is 0.129 e. The molecule has 8 heteroatoms. The summed E-state index contributed by atoms with van der Waals surface area (Å²) in [5.74, 6) is 3.42. The molecule has 0 aliphatic carbocycles. The SMILES string of the molecule is C=CC[C@@H]1O[C@@H]2C[C@H](OCc3ccccc3)[C@@H](COCc3ccccc3)O[C@@]2(C)[C@H](OCc2ccccc2)C[C@H]1O[C@H]1C=CCO[C@@H]1CC#C[Si](C)(C)C. The lowest BCUT2D eigenvalue weighted by molar-refractivity contribution is -0.284. The Morgan fingerprint density at radius 1 is 0.796 bits per heavy atom. The minimum absolute atomic E-state index is 0.175. The Bertz CT molecular complexity index is 1670. The summed E-state index contributed by atoms with van der Waals surface area (Å²) in [6.07, 6.45) is 6.05. The van der Waals surface area contributed by atoms with Gasteiger partial charge in [0.25, 0.3) is 0 Å². The van der Waals surface area contributed by atoms with Gasteiger partial charge in [-0.3, -0.25) is 0 Å². The molecule has 3 aromatic rings. The highest BCUT2D eigenvalue weighted by Gasteiger charge is 2.56. The highest BCUT2D eigenvalue weighted by molar-refractivity contribution is 6.83. The first kappa shape index (κ1) is 40.3. The molecule has 2 saturated heterocycles. The van der Waals surface area contributed by atoms with E-state index in [-0.39, 0.29) is 48.8 Å². The van der Waals surface area contributed by atoms with Crippen LogP contribution < -0.4 is 0 Å². The van der Waals surface area contributed by atoms with E-state index in [1.807, 2.05) is 66.7 Å². The number of ether oxygens (including phenoxy) is 7. The van der Waals surface area contributed by atoms with Crippen molar-refractivity contribution in [1.29, 1.82) is 0 Å². The third-order valence-corrected chi connectivity index (χ3v) is 11.3. The summed E-state index contributed by atoms with van der Waals surface area (Å²) in [4.78, 5) is 0. The molecule has 3 aliphatic heterocycles. The van der Waals surface area contributed by atoms with Gasteiger partial charge < -0.3 is 33.2 Å². The molecule has 0 N–H and O–H groups in total. The van der Waals surface area contributed by atoms with E-state index in [4.69, 9.17) is 33.2 Å². The Hall–Kier alpha value is -3.36. The van der Waals surface area contributed by atoms with Gasteiger partial charge >= 0.3 is 0 Å². The van der Waals surface area contributed by atoms with Gasteiger partial charge in [0.15, 0.2) is 0 Å². The average Bonchev–Trinajstić information content (AvgIpc) is 3.27. The Balaban J connectivity index is 1.28. The number of hydrogen-bond acceptors (Lipinski definition) is 7. The molecule has 0 bridgehead atoms. The zero-order valence-corrected chi connectivity index (χ0v) is 33.4. The first-order valence-corrected chi connectivity index (χ1v) is 23.0. The van der Waals surface area contributed by atoms with Crippen molar-refractivity contribution in [2.45, 2.75) is 127 Å². The predicted octanol–water partition coefficient (Wildman–Crippen LogP) is 8.63. The molecular weight excluding hydrogens is 693 g/mol. The van der Waals surface area contributed by atoms with Crippen LogP contribution in [0.1, 0.15) is 49.3 Å². The molecule has 7 nitrogen and oxygen atoms in total. The molecule has 0 aromatic heterocycles. The average molecular weight is 751 g/mol. The van der Waals surface area contributed by atoms with E-state index in [0.717, 1.165) is 16.7 Å². The summed E-state index contributed by atoms with van der Waals surface area (Å²) in [6, 6.07) is 30.8. The molecule has 2 fully saturated rings. The lowest BCUT2D eigenvalue weighted by atomic mass is 9.82. The Kier molecular flexibility index (Phi) is 14.5. The standard InChI is InChI=1S/C46H58O7Si/c1-6-18-39-42(51-40-25-16-27-48-38(40)26-17-28-54(3,4)5)30-44(50-33-37-23-14-9-15-24-37)46(2)45(52-39)29-41(49-32-36-21-12-8-13-22-36)43(53-46)34-47-31-35-19-10-7-11-20-35/h6-16,19-25,38-45H,1,18,26-27,29-34H2,2-5H3/t38-,39+,40+,41+,42-,43-,44-,45-,46+/m1/s1. The molecule has 288 valence electrons. The lowest BCUT2D eigenvalue weighted by Crippen LogP contribution is -2.62. The van der Waals surface area contributed by atoms with E-state index in [1.54, 1.807) is 0 Å². The molecule has 0 saturated carbocycles. The first-order valence-electron chi connectivity index (χ1n) is 19.5. The fraction of sp³-hybridized carbons (Fsp3) is 0.478. The van der Waals surface area contributed by atoms with Crippen LogP contribution in [-0.2, 0) is 53.0 Å². The summed E-state index contributed by atoms with van der Waals surface area (Å²) in [5.41, 5.74) is 5.97. The van der Waals surface area contributed by atoms with Crippen molar-refractivity contribution in [2.75, 3.05) is 13.2 Å². The predicted molar refractivity (Wildman–Crippen MR) is 215 cm³/mol. The molecule has 3 heterocycles. The minimum Gasteiger partial charge on any atom is -0.374 e. The second-order valence-electron chi connectivity index (χ2n) is 15.8. The molecule has 3 aliphatic rings. The van der Waals surface area contributed by atoms with Crippen LogP contribution in [-0.4, -0.2) is 75.7 Å². The zero-order chi connectivity index (χ0) is 37.8. The normalized spacial score (nSPS) is 29.7. The maximum atomic E-state index is 7.23. The number of hydrogen-bond donors (Lipinski definition) is 0. The highest BCUT2D eigenvalue weighted by atomic mass is 28.3. The van der Waals surface area contributed by atoms with Crippen molar-refractivity contribution < 1.29 is 33.2 Å². The summed E-state index contributed by atoms with van der Waals surface area (Å²) in [6.45, 7) is 15.3. The van der Waals surface area contributed by atoms with Gasteiger partial charge in [-0.15, -0.1) is 18.0 Å². The van der Waals surface area contributed by atoms with Crippen molar-refractivity contribution in [3.8, 4) is 11.5 Å². The van der Waals surface area contributed by atoms with Crippen LogP contribution in [0.4, 0.5) is 0 Å². The van der Waals surface area contributed by atoms with Crippen LogP contribution in [0.25, 0.3) is 0 Å². The molecule has 0 amide bonds. The van der Waals surface area contributed by atoms with Gasteiger partial charge in [0, 0.05) is 19.3 Å². The second-order valence-corrected chi connectivity index (χ2v) is 20.6. The largest absolute Gasteiger partial charge is 0.374 e. The topological polar surface area (TPSA) is 64.6 Å². The fourth-order valence-electron chi connectivity index (χ4n) is 7.44. The Morgan fingerprint density at radius 2 is 1.43 bits per heavy atom. The highest BCUT2D eigenvalue weighted by Crippen LogP contribution is 2.43. The van der Waals surface area contributed by atoms with Gasteiger partial charge in [-0.25, -0.2) is 0 Å². The van der Waals surface area contributed by atoms with E-state index >= 15 is 0 Å². The summed E-state index contributed by atoms with van der Waals surface area (Å²) < 4.78 is 47.6. The van der Waals surface area contributed by atoms with Crippen LogP contribution in [0.3, 0.4) is 0 Å². The second kappa shape index (κ2) is 19.5. The number of fused-ring (bicyclic) bond motifs is 1. The molecule has 6 rings (SSSR count). The van der Waals surface area contributed by atoms with Gasteiger partial charge in [-0.1, -0.05) is 129 Å². The molecule has 0 radical (unpaired) electrons. The molecule has 54 heavy (non-hydrogen) atoms. The third-order valence-electron chi connectivity index (χ3n) is 10.3. The lowest BCUT2D eigenvalue weighted by Gasteiger charge is -2.50. The van der Waals surface area contributed by atoms with Gasteiger partial charge in [0.1, 0.15) is 25.9 Å². The molecule has 9 atom stereocenters. The van der Waals surface area contributed by atoms with E-state index in [1.165, 1.54) is 0 Å². The van der Waals surface area contributed by atoms with Crippen molar-refractivity contribution in [2.24, 2.45) is 0 Å². The van der Waals surface area contributed by atoms with E-state index < -0.39 is 13.7 Å². The van der Waals surface area contributed by atoms with Gasteiger partial charge in [0.05, 0.1) is 69.7 Å². The van der Waals surface area contributed by atoms with Crippen molar-refractivity contribution in [3.05, 3.63) is 132 Å². The Morgan fingerprint density at radius 3 is 2.06 bits per heavy atom. The van der Waals surface area contributed by atoms with Crippen molar-refractivity contribution in [1.82, 2.24) is 0 Å². The quantitative estimate of drug-likeness (QED) is 0.0876. The van der Waals surface area contributed by atoms with Crippen molar-refractivity contribution in [3.63, 3.8) is 0 Å². The first-order chi connectivity index (χ1) is 26.2. The van der Waals surface area contributed by atoms with Crippen LogP contribution in [0.15, 0.2) is 116 Å². The van der Waals surface area contributed by atoms with Crippen LogP contribution in [0.2, 0.25) is 19.6 Å². The molecular formula is C46H58O7Si. The zero-order valence-electron chi connectivity index (χ0n) is 32.4.